The van der Waals surface area contributed by atoms with Gasteiger partial charge in [0.25, 0.3) is 0 Å². The largest absolute Gasteiger partial charge is 0.311 e. The van der Waals surface area contributed by atoms with Gasteiger partial charge in [0.05, 0.1) is 6.42 Å². The van der Waals surface area contributed by atoms with Crippen LogP contribution in [0.15, 0.2) is 54.6 Å². The predicted octanol–water partition coefficient (Wildman–Crippen LogP) is 2.97. The maximum atomic E-state index is 12.1. The standard InChI is InChI=1S/C18H17NO2/c20-16-10-11-19(18(21)13-16)17-9-5-4-8-15(17)12-14-6-2-1-3-7-14/h1-9H,10-13H2. The number of carbonyl (C=O) groups excluding carboxylic acids is 2. The van der Waals surface area contributed by atoms with Gasteiger partial charge < -0.3 is 4.90 Å². The lowest BCUT2D eigenvalue weighted by Gasteiger charge is -2.28. The summed E-state index contributed by atoms with van der Waals surface area (Å²) in [5, 5.41) is 0. The third-order valence-corrected chi connectivity index (χ3v) is 3.78. The number of hydrogen-bond acceptors (Lipinski definition) is 2. The molecule has 2 aromatic rings. The van der Waals surface area contributed by atoms with Gasteiger partial charge in [0.1, 0.15) is 5.78 Å². The highest BCUT2D eigenvalue weighted by Gasteiger charge is 2.26. The number of anilines is 1. The fourth-order valence-corrected chi connectivity index (χ4v) is 2.71. The molecule has 1 saturated heterocycles. The van der Waals surface area contributed by atoms with Crippen LogP contribution in [0.5, 0.6) is 0 Å². The van der Waals surface area contributed by atoms with Gasteiger partial charge in [-0.1, -0.05) is 48.5 Å². The van der Waals surface area contributed by atoms with E-state index in [1.54, 1.807) is 4.90 Å². The van der Waals surface area contributed by atoms with Crippen molar-refractivity contribution in [2.75, 3.05) is 11.4 Å². The van der Waals surface area contributed by atoms with Crippen LogP contribution in [0, 0.1) is 0 Å². The van der Waals surface area contributed by atoms with Crippen molar-refractivity contribution in [2.45, 2.75) is 19.3 Å². The summed E-state index contributed by atoms with van der Waals surface area (Å²) >= 11 is 0. The Bertz CT molecular complexity index is 664. The number of piperidine rings is 1. The molecule has 1 amide bonds. The smallest absolute Gasteiger partial charge is 0.234 e. The maximum absolute atomic E-state index is 12.1. The lowest BCUT2D eigenvalue weighted by Crippen LogP contribution is -2.39. The molecule has 1 heterocycles. The van der Waals surface area contributed by atoms with Crippen LogP contribution in [0.25, 0.3) is 0 Å². The van der Waals surface area contributed by atoms with E-state index in [1.807, 2.05) is 42.5 Å². The molecule has 1 aliphatic rings. The molecule has 106 valence electrons. The fourth-order valence-electron chi connectivity index (χ4n) is 2.71. The molecule has 0 aliphatic carbocycles. The van der Waals surface area contributed by atoms with Crippen LogP contribution in [0.1, 0.15) is 24.0 Å². The van der Waals surface area contributed by atoms with Crippen molar-refractivity contribution in [3.05, 3.63) is 65.7 Å². The summed E-state index contributed by atoms with van der Waals surface area (Å²) in [4.78, 5) is 25.2. The van der Waals surface area contributed by atoms with Crippen molar-refractivity contribution in [3.8, 4) is 0 Å². The Morgan fingerprint density at radius 1 is 0.905 bits per heavy atom. The number of amides is 1. The van der Waals surface area contributed by atoms with E-state index in [1.165, 1.54) is 5.56 Å². The molecule has 0 bridgehead atoms. The summed E-state index contributed by atoms with van der Waals surface area (Å²) in [6.45, 7) is 0.490. The Kier molecular flexibility index (Phi) is 3.82. The number of hydrogen-bond donors (Lipinski definition) is 0. The summed E-state index contributed by atoms with van der Waals surface area (Å²) in [7, 11) is 0. The molecule has 0 radical (unpaired) electrons. The second kappa shape index (κ2) is 5.92. The number of rotatable bonds is 3. The van der Waals surface area contributed by atoms with Crippen LogP contribution in [0.2, 0.25) is 0 Å². The summed E-state index contributed by atoms with van der Waals surface area (Å²) in [6.07, 6.45) is 1.26. The minimum Gasteiger partial charge on any atom is -0.311 e. The number of para-hydroxylation sites is 1. The quantitative estimate of drug-likeness (QED) is 0.810. The van der Waals surface area contributed by atoms with Gasteiger partial charge in [-0.25, -0.2) is 0 Å². The average Bonchev–Trinajstić information content (AvgIpc) is 2.49. The van der Waals surface area contributed by atoms with E-state index in [0.29, 0.717) is 13.0 Å². The van der Waals surface area contributed by atoms with Crippen LogP contribution in [0.4, 0.5) is 5.69 Å². The second-order valence-electron chi connectivity index (χ2n) is 5.30. The molecule has 0 spiro atoms. The molecule has 2 aromatic carbocycles. The number of nitrogens with zero attached hydrogens (tertiary/aromatic N) is 1. The molecular weight excluding hydrogens is 262 g/mol. The fraction of sp³-hybridized carbons (Fsp3) is 0.222. The molecule has 1 fully saturated rings. The van der Waals surface area contributed by atoms with E-state index in [9.17, 15) is 9.59 Å². The first-order valence-corrected chi connectivity index (χ1v) is 7.18. The normalized spacial score (nSPS) is 15.3. The monoisotopic (exact) mass is 279 g/mol. The Morgan fingerprint density at radius 3 is 2.38 bits per heavy atom. The first kappa shape index (κ1) is 13.6. The van der Waals surface area contributed by atoms with Crippen LogP contribution >= 0.6 is 0 Å². The van der Waals surface area contributed by atoms with E-state index in [2.05, 4.69) is 12.1 Å². The average molecular weight is 279 g/mol. The van der Waals surface area contributed by atoms with Crippen molar-refractivity contribution in [1.82, 2.24) is 0 Å². The molecule has 3 rings (SSSR count). The van der Waals surface area contributed by atoms with E-state index < -0.39 is 0 Å². The number of benzene rings is 2. The zero-order valence-electron chi connectivity index (χ0n) is 11.8. The highest BCUT2D eigenvalue weighted by molar-refractivity contribution is 6.08. The summed E-state index contributed by atoms with van der Waals surface area (Å²) in [6, 6.07) is 18.1. The van der Waals surface area contributed by atoms with Crippen molar-refractivity contribution < 1.29 is 9.59 Å². The third-order valence-electron chi connectivity index (χ3n) is 3.78. The van der Waals surface area contributed by atoms with Crippen LogP contribution < -0.4 is 4.90 Å². The first-order chi connectivity index (χ1) is 10.2. The van der Waals surface area contributed by atoms with E-state index in [4.69, 9.17) is 0 Å². The minimum atomic E-state index is -0.0910. The minimum absolute atomic E-state index is 0.0275. The molecule has 0 aromatic heterocycles. The Hall–Kier alpha value is -2.42. The molecule has 3 heteroatoms. The summed E-state index contributed by atoms with van der Waals surface area (Å²) < 4.78 is 0. The molecule has 0 atom stereocenters. The van der Waals surface area contributed by atoms with Gasteiger partial charge in [-0.3, -0.25) is 9.59 Å². The summed E-state index contributed by atoms with van der Waals surface area (Å²) in [5.41, 5.74) is 3.26. The predicted molar refractivity (Wildman–Crippen MR) is 82.3 cm³/mol. The van der Waals surface area contributed by atoms with Gasteiger partial charge in [-0.15, -0.1) is 0 Å². The zero-order valence-corrected chi connectivity index (χ0v) is 11.8. The molecule has 1 aliphatic heterocycles. The number of carbonyl (C=O) groups is 2. The lowest BCUT2D eigenvalue weighted by atomic mass is 10.0. The van der Waals surface area contributed by atoms with Crippen LogP contribution in [-0.4, -0.2) is 18.2 Å². The molecular formula is C18H17NO2. The van der Waals surface area contributed by atoms with E-state index >= 15 is 0 Å². The maximum Gasteiger partial charge on any atom is 0.234 e. The summed E-state index contributed by atoms with van der Waals surface area (Å²) in [5.74, 6) is -0.0523. The number of Topliss-reactive ketones (excluding diaryl/α,β-unsaturated/α-hetero) is 1. The second-order valence-corrected chi connectivity index (χ2v) is 5.30. The number of ketones is 1. The Morgan fingerprint density at radius 2 is 1.62 bits per heavy atom. The topological polar surface area (TPSA) is 37.4 Å². The van der Waals surface area contributed by atoms with E-state index in [-0.39, 0.29) is 18.1 Å². The SMILES string of the molecule is O=C1CCN(c2ccccc2Cc2ccccc2)C(=O)C1. The van der Waals surface area contributed by atoms with Gasteiger partial charge in [-0.05, 0) is 23.6 Å². The first-order valence-electron chi connectivity index (χ1n) is 7.18. The molecule has 0 N–H and O–H groups in total. The molecule has 0 unspecified atom stereocenters. The molecule has 0 saturated carbocycles. The lowest BCUT2D eigenvalue weighted by molar-refractivity contribution is -0.128. The van der Waals surface area contributed by atoms with Gasteiger partial charge in [-0.2, -0.15) is 0 Å². The van der Waals surface area contributed by atoms with Gasteiger partial charge in [0.2, 0.25) is 5.91 Å². The Balaban J connectivity index is 1.89. The molecule has 21 heavy (non-hydrogen) atoms. The highest BCUT2D eigenvalue weighted by atomic mass is 16.2. The van der Waals surface area contributed by atoms with Gasteiger partial charge >= 0.3 is 0 Å². The highest BCUT2D eigenvalue weighted by Crippen LogP contribution is 2.26. The third kappa shape index (κ3) is 3.02. The van der Waals surface area contributed by atoms with Gasteiger partial charge in [0.15, 0.2) is 0 Å². The van der Waals surface area contributed by atoms with Crippen molar-refractivity contribution in [2.24, 2.45) is 0 Å². The van der Waals surface area contributed by atoms with Crippen LogP contribution in [-0.2, 0) is 16.0 Å². The molecule has 3 nitrogen and oxygen atoms in total. The van der Waals surface area contributed by atoms with E-state index in [0.717, 1.165) is 17.7 Å². The zero-order chi connectivity index (χ0) is 14.7. The van der Waals surface area contributed by atoms with Crippen molar-refractivity contribution >= 4 is 17.4 Å². The Labute approximate surface area is 124 Å². The van der Waals surface area contributed by atoms with Crippen molar-refractivity contribution in [3.63, 3.8) is 0 Å². The van der Waals surface area contributed by atoms with Gasteiger partial charge in [0, 0.05) is 18.7 Å². The van der Waals surface area contributed by atoms with Crippen LogP contribution in [0.3, 0.4) is 0 Å². The van der Waals surface area contributed by atoms with Crippen molar-refractivity contribution in [1.29, 1.82) is 0 Å².